The fourth-order valence-electron chi connectivity index (χ4n) is 1.81. The lowest BCUT2D eigenvalue weighted by atomic mass is 9.98. The Morgan fingerprint density at radius 2 is 2.00 bits per heavy atom. The predicted molar refractivity (Wildman–Crippen MR) is 75.7 cm³/mol. The van der Waals surface area contributed by atoms with Gasteiger partial charge in [-0.25, -0.2) is 4.98 Å². The average molecular weight is 256 g/mol. The molecule has 0 fully saturated rings. The second kappa shape index (κ2) is 5.32. The zero-order chi connectivity index (χ0) is 13.1. The lowest BCUT2D eigenvalue weighted by molar-refractivity contribution is 0.734. The minimum absolute atomic E-state index is 0.590. The van der Waals surface area contributed by atoms with Crippen LogP contribution in [0.2, 0.25) is 0 Å². The molecule has 2 aromatic rings. The maximum Gasteiger partial charge on any atom is 0.128 e. The summed E-state index contributed by atoms with van der Waals surface area (Å²) in [6, 6.07) is 10.7. The summed E-state index contributed by atoms with van der Waals surface area (Å²) in [5, 5.41) is 9.88. The van der Waals surface area contributed by atoms with Crippen LogP contribution in [0.5, 0.6) is 0 Å². The average Bonchev–Trinajstić information content (AvgIpc) is 2.79. The van der Waals surface area contributed by atoms with E-state index in [0.29, 0.717) is 10.8 Å². The monoisotopic (exact) mass is 256 g/mol. The van der Waals surface area contributed by atoms with E-state index in [1.54, 1.807) is 0 Å². The van der Waals surface area contributed by atoms with Crippen LogP contribution in [-0.4, -0.2) is 4.98 Å². The molecule has 0 saturated heterocycles. The molecule has 1 aromatic heterocycles. The predicted octanol–water partition coefficient (Wildman–Crippen LogP) is 4.50. The second-order valence-corrected chi connectivity index (χ2v) is 5.48. The van der Waals surface area contributed by atoms with Crippen LogP contribution in [0, 0.1) is 18.3 Å². The smallest absolute Gasteiger partial charge is 0.128 e. The Morgan fingerprint density at radius 3 is 2.50 bits per heavy atom. The Balaban J connectivity index is 2.32. The van der Waals surface area contributed by atoms with Crippen LogP contribution in [-0.2, 0) is 0 Å². The Morgan fingerprint density at radius 1 is 1.33 bits per heavy atom. The molecule has 0 amide bonds. The van der Waals surface area contributed by atoms with Crippen molar-refractivity contribution >= 4 is 11.3 Å². The number of aryl methyl sites for hydroxylation is 1. The number of nitriles is 1. The molecule has 2 rings (SSSR count). The molecule has 1 heterocycles. The van der Waals surface area contributed by atoms with Gasteiger partial charge in [-0.3, -0.25) is 0 Å². The fraction of sp³-hybridized carbons (Fsp3) is 0.333. The van der Waals surface area contributed by atoms with Crippen molar-refractivity contribution in [3.05, 3.63) is 40.4 Å². The van der Waals surface area contributed by atoms with Gasteiger partial charge in [0.2, 0.25) is 0 Å². The number of nitrogens with zero attached hydrogens (tertiary/aromatic N) is 2. The van der Waals surface area contributed by atoms with Crippen molar-refractivity contribution in [2.75, 3.05) is 0 Å². The first-order valence-corrected chi connectivity index (χ1v) is 6.95. The lowest BCUT2D eigenvalue weighted by Gasteiger charge is -2.08. The highest BCUT2D eigenvalue weighted by atomic mass is 32.1. The third kappa shape index (κ3) is 2.44. The van der Waals surface area contributed by atoms with E-state index in [9.17, 15) is 0 Å². The molecule has 2 nitrogen and oxygen atoms in total. The molecule has 1 aromatic carbocycles. The van der Waals surface area contributed by atoms with Crippen molar-refractivity contribution in [2.24, 2.45) is 0 Å². The zero-order valence-electron chi connectivity index (χ0n) is 10.9. The molecule has 18 heavy (non-hydrogen) atoms. The Labute approximate surface area is 112 Å². The molecule has 0 radical (unpaired) electrons. The fourth-order valence-corrected chi connectivity index (χ4v) is 2.68. The van der Waals surface area contributed by atoms with Gasteiger partial charge in [-0.2, -0.15) is 5.26 Å². The third-order valence-corrected chi connectivity index (χ3v) is 4.35. The van der Waals surface area contributed by atoms with E-state index in [0.717, 1.165) is 22.7 Å². The van der Waals surface area contributed by atoms with Crippen LogP contribution in [0.3, 0.4) is 0 Å². The molecule has 1 atom stereocenters. The quantitative estimate of drug-likeness (QED) is 0.810. The van der Waals surface area contributed by atoms with E-state index < -0.39 is 0 Å². The summed E-state index contributed by atoms with van der Waals surface area (Å²) in [5.41, 5.74) is 3.27. The number of hydrogen-bond donors (Lipinski definition) is 0. The van der Waals surface area contributed by atoms with Gasteiger partial charge in [0.05, 0.1) is 5.69 Å². The summed E-state index contributed by atoms with van der Waals surface area (Å²) in [7, 11) is 0. The highest BCUT2D eigenvalue weighted by molar-refractivity contribution is 7.15. The minimum atomic E-state index is 0.590. The van der Waals surface area contributed by atoms with E-state index in [4.69, 9.17) is 5.26 Å². The van der Waals surface area contributed by atoms with E-state index in [1.807, 2.05) is 6.92 Å². The van der Waals surface area contributed by atoms with Crippen molar-refractivity contribution in [3.63, 3.8) is 0 Å². The number of benzene rings is 1. The Kier molecular flexibility index (Phi) is 3.78. The van der Waals surface area contributed by atoms with Gasteiger partial charge in [-0.05, 0) is 24.8 Å². The normalized spacial score (nSPS) is 12.1. The number of thiazole rings is 1. The number of aromatic nitrogens is 1. The zero-order valence-corrected chi connectivity index (χ0v) is 11.7. The van der Waals surface area contributed by atoms with E-state index in [1.165, 1.54) is 16.9 Å². The van der Waals surface area contributed by atoms with Crippen molar-refractivity contribution in [1.82, 2.24) is 4.98 Å². The first kappa shape index (κ1) is 12.8. The van der Waals surface area contributed by atoms with Crippen LogP contribution in [0.25, 0.3) is 10.6 Å². The molecular weight excluding hydrogens is 240 g/mol. The second-order valence-electron chi connectivity index (χ2n) is 4.48. The summed E-state index contributed by atoms with van der Waals surface area (Å²) >= 11 is 1.46. The Hall–Kier alpha value is -1.66. The molecule has 3 heteroatoms. The van der Waals surface area contributed by atoms with Crippen LogP contribution >= 0.6 is 11.3 Å². The molecular formula is C15H16N2S. The maximum atomic E-state index is 8.95. The van der Waals surface area contributed by atoms with Gasteiger partial charge >= 0.3 is 0 Å². The molecule has 0 saturated carbocycles. The van der Waals surface area contributed by atoms with Crippen molar-refractivity contribution in [2.45, 2.75) is 33.1 Å². The summed E-state index contributed by atoms with van der Waals surface area (Å²) in [4.78, 5) is 5.15. The summed E-state index contributed by atoms with van der Waals surface area (Å²) < 4.78 is 0. The number of rotatable bonds is 3. The Bertz CT molecular complexity index is 576. The largest absolute Gasteiger partial charge is 0.240 e. The van der Waals surface area contributed by atoms with Crippen molar-refractivity contribution < 1.29 is 0 Å². The lowest BCUT2D eigenvalue weighted by Crippen LogP contribution is -1.90. The van der Waals surface area contributed by atoms with Gasteiger partial charge < -0.3 is 0 Å². The van der Waals surface area contributed by atoms with E-state index in [-0.39, 0.29) is 0 Å². The SMILES string of the molecule is CCC(C)c1ccc(-c2nc(C)c(C#N)s2)cc1. The molecule has 0 bridgehead atoms. The molecule has 0 aliphatic rings. The molecule has 1 unspecified atom stereocenters. The first-order valence-electron chi connectivity index (χ1n) is 6.13. The van der Waals surface area contributed by atoms with Crippen LogP contribution in [0.4, 0.5) is 0 Å². The van der Waals surface area contributed by atoms with Gasteiger partial charge in [-0.1, -0.05) is 38.1 Å². The van der Waals surface area contributed by atoms with Crippen LogP contribution in [0.1, 0.15) is 42.3 Å². The first-order chi connectivity index (χ1) is 8.65. The molecule has 0 aliphatic carbocycles. The summed E-state index contributed by atoms with van der Waals surface area (Å²) in [6.45, 7) is 6.31. The van der Waals surface area contributed by atoms with Crippen LogP contribution in [0.15, 0.2) is 24.3 Å². The van der Waals surface area contributed by atoms with Gasteiger partial charge in [0.1, 0.15) is 16.0 Å². The van der Waals surface area contributed by atoms with E-state index >= 15 is 0 Å². The van der Waals surface area contributed by atoms with Gasteiger partial charge in [0.15, 0.2) is 0 Å². The minimum Gasteiger partial charge on any atom is -0.240 e. The molecule has 0 aliphatic heterocycles. The van der Waals surface area contributed by atoms with Crippen molar-refractivity contribution in [3.8, 4) is 16.6 Å². The van der Waals surface area contributed by atoms with Crippen LogP contribution < -0.4 is 0 Å². The standard InChI is InChI=1S/C15H16N2S/c1-4-10(2)12-5-7-13(8-6-12)15-17-11(3)14(9-16)18-15/h5-8,10H,4H2,1-3H3. The maximum absolute atomic E-state index is 8.95. The van der Waals surface area contributed by atoms with Gasteiger partial charge in [0.25, 0.3) is 0 Å². The molecule has 92 valence electrons. The highest BCUT2D eigenvalue weighted by Gasteiger charge is 2.09. The highest BCUT2D eigenvalue weighted by Crippen LogP contribution is 2.29. The van der Waals surface area contributed by atoms with Gasteiger partial charge in [0, 0.05) is 5.56 Å². The van der Waals surface area contributed by atoms with Gasteiger partial charge in [-0.15, -0.1) is 11.3 Å². The molecule has 0 spiro atoms. The summed E-state index contributed by atoms with van der Waals surface area (Å²) in [5.74, 6) is 0.590. The number of hydrogen-bond acceptors (Lipinski definition) is 3. The van der Waals surface area contributed by atoms with Crippen molar-refractivity contribution in [1.29, 1.82) is 5.26 Å². The topological polar surface area (TPSA) is 36.7 Å². The third-order valence-electron chi connectivity index (χ3n) is 3.24. The van der Waals surface area contributed by atoms with E-state index in [2.05, 4.69) is 49.2 Å². The molecule has 0 N–H and O–H groups in total. The summed E-state index contributed by atoms with van der Waals surface area (Å²) in [6.07, 6.45) is 1.15.